The third kappa shape index (κ3) is 3.52. The summed E-state index contributed by atoms with van der Waals surface area (Å²) in [6.45, 7) is 0.108. The number of hydrogen-bond donors (Lipinski definition) is 1. The van der Waals surface area contributed by atoms with Crippen molar-refractivity contribution in [3.8, 4) is 11.1 Å². The molecular formula is C25H20FNO4S. The van der Waals surface area contributed by atoms with Crippen molar-refractivity contribution in [3.05, 3.63) is 95.3 Å². The summed E-state index contributed by atoms with van der Waals surface area (Å²) < 4.78 is 19.1. The monoisotopic (exact) mass is 449 g/mol. The molecule has 7 heteroatoms. The fraction of sp³-hybridized carbons (Fsp3) is 0.200. The number of hydrogen-bond acceptors (Lipinski definition) is 4. The van der Waals surface area contributed by atoms with Gasteiger partial charge in [-0.25, -0.2) is 14.0 Å². The lowest BCUT2D eigenvalue weighted by molar-refractivity contribution is -0.141. The molecule has 32 heavy (non-hydrogen) atoms. The van der Waals surface area contributed by atoms with Crippen LogP contribution in [0.25, 0.3) is 11.1 Å². The number of carboxylic acid groups (broad SMARTS) is 1. The third-order valence-corrected chi connectivity index (χ3v) is 7.31. The van der Waals surface area contributed by atoms with Crippen molar-refractivity contribution in [1.82, 2.24) is 4.90 Å². The molecule has 1 heterocycles. The number of amides is 1. The number of halogens is 1. The van der Waals surface area contributed by atoms with Crippen molar-refractivity contribution in [1.29, 1.82) is 0 Å². The van der Waals surface area contributed by atoms with Gasteiger partial charge < -0.3 is 9.84 Å². The fourth-order valence-electron chi connectivity index (χ4n) is 4.47. The first kappa shape index (κ1) is 20.6. The van der Waals surface area contributed by atoms with Gasteiger partial charge in [0, 0.05) is 11.7 Å². The molecule has 2 atom stereocenters. The van der Waals surface area contributed by atoms with E-state index in [1.165, 1.54) is 28.8 Å². The van der Waals surface area contributed by atoms with Crippen LogP contribution < -0.4 is 0 Å². The number of ether oxygens (including phenoxy) is 1. The quantitative estimate of drug-likeness (QED) is 0.587. The number of aliphatic carboxylic acids is 1. The van der Waals surface area contributed by atoms with Gasteiger partial charge in [-0.1, -0.05) is 60.7 Å². The zero-order chi connectivity index (χ0) is 22.2. The van der Waals surface area contributed by atoms with E-state index in [9.17, 15) is 19.1 Å². The number of carbonyl (C=O) groups is 2. The summed E-state index contributed by atoms with van der Waals surface area (Å²) in [4.78, 5) is 26.2. The van der Waals surface area contributed by atoms with E-state index in [2.05, 4.69) is 12.1 Å². The molecule has 162 valence electrons. The first-order valence-corrected chi connectivity index (χ1v) is 11.3. The Morgan fingerprint density at radius 1 is 0.969 bits per heavy atom. The van der Waals surface area contributed by atoms with Gasteiger partial charge in [-0.2, -0.15) is 0 Å². The Hall–Kier alpha value is -3.32. The molecule has 3 aromatic carbocycles. The minimum atomic E-state index is -1.09. The van der Waals surface area contributed by atoms with E-state index < -0.39 is 23.5 Å². The lowest BCUT2D eigenvalue weighted by Crippen LogP contribution is -2.43. The molecule has 0 spiro atoms. The highest BCUT2D eigenvalue weighted by Crippen LogP contribution is 2.45. The molecule has 1 fully saturated rings. The average Bonchev–Trinajstić information content (AvgIpc) is 3.38. The Morgan fingerprint density at radius 2 is 1.56 bits per heavy atom. The summed E-state index contributed by atoms with van der Waals surface area (Å²) in [5.41, 5.74) is 5.07. The molecule has 3 aromatic rings. The molecule has 0 saturated carbocycles. The molecule has 1 N–H and O–H groups in total. The number of rotatable bonds is 4. The average molecular weight is 450 g/mol. The molecule has 5 rings (SSSR count). The van der Waals surface area contributed by atoms with Crippen LogP contribution in [0.2, 0.25) is 0 Å². The highest BCUT2D eigenvalue weighted by atomic mass is 32.2. The van der Waals surface area contributed by atoms with E-state index in [4.69, 9.17) is 4.74 Å². The predicted octanol–water partition coefficient (Wildman–Crippen LogP) is 5.28. The van der Waals surface area contributed by atoms with Gasteiger partial charge in [0.2, 0.25) is 0 Å². The normalized spacial score (nSPS) is 19.5. The lowest BCUT2D eigenvalue weighted by Gasteiger charge is -2.27. The topological polar surface area (TPSA) is 66.8 Å². The van der Waals surface area contributed by atoms with Crippen molar-refractivity contribution >= 4 is 23.8 Å². The molecule has 5 nitrogen and oxygen atoms in total. The van der Waals surface area contributed by atoms with Crippen LogP contribution in [0.3, 0.4) is 0 Å². The standard InChI is InChI=1S/C25H20FNO4S/c26-16-11-9-15(10-12-16)23-27(22(14-32-23)24(28)29)25(30)31-13-21-19-7-3-1-5-17(19)18-6-2-4-8-20(18)21/h1-12,21-23H,13-14H2,(H,28,29). The summed E-state index contributed by atoms with van der Waals surface area (Å²) in [5.74, 6) is -1.36. The molecule has 1 saturated heterocycles. The van der Waals surface area contributed by atoms with E-state index in [-0.39, 0.29) is 24.1 Å². The number of thioether (sulfide) groups is 1. The number of fused-ring (bicyclic) bond motifs is 3. The van der Waals surface area contributed by atoms with Gasteiger partial charge in [0.25, 0.3) is 0 Å². The summed E-state index contributed by atoms with van der Waals surface area (Å²) >= 11 is 1.33. The zero-order valence-electron chi connectivity index (χ0n) is 17.0. The summed E-state index contributed by atoms with van der Waals surface area (Å²) in [7, 11) is 0. The minimum absolute atomic E-state index is 0.108. The lowest BCUT2D eigenvalue weighted by atomic mass is 9.98. The Bertz CT molecular complexity index is 1140. The Morgan fingerprint density at radius 3 is 2.16 bits per heavy atom. The van der Waals surface area contributed by atoms with Gasteiger partial charge in [-0.3, -0.25) is 4.90 Å². The largest absolute Gasteiger partial charge is 0.480 e. The highest BCUT2D eigenvalue weighted by molar-refractivity contribution is 7.99. The second-order valence-electron chi connectivity index (χ2n) is 7.80. The van der Waals surface area contributed by atoms with Gasteiger partial charge in [-0.15, -0.1) is 11.8 Å². The Labute approximate surface area is 188 Å². The fourth-order valence-corrected chi connectivity index (χ4v) is 5.88. The van der Waals surface area contributed by atoms with Crippen molar-refractivity contribution in [2.45, 2.75) is 17.3 Å². The maximum Gasteiger partial charge on any atom is 0.411 e. The molecule has 0 bridgehead atoms. The second kappa shape index (κ2) is 8.31. The van der Waals surface area contributed by atoms with Crippen LogP contribution in [0.1, 0.15) is 28.0 Å². The Kier molecular flexibility index (Phi) is 5.35. The number of carboxylic acids is 1. The van der Waals surface area contributed by atoms with Crippen LogP contribution in [0.4, 0.5) is 9.18 Å². The molecule has 1 amide bonds. The third-order valence-electron chi connectivity index (χ3n) is 5.99. The van der Waals surface area contributed by atoms with E-state index in [0.29, 0.717) is 5.56 Å². The molecule has 0 radical (unpaired) electrons. The smallest absolute Gasteiger partial charge is 0.411 e. The molecule has 0 aromatic heterocycles. The minimum Gasteiger partial charge on any atom is -0.480 e. The number of carbonyl (C=O) groups excluding carboxylic acids is 1. The van der Waals surface area contributed by atoms with E-state index in [1.54, 1.807) is 12.1 Å². The summed E-state index contributed by atoms with van der Waals surface area (Å²) in [5, 5.41) is 9.11. The first-order chi connectivity index (χ1) is 15.5. The van der Waals surface area contributed by atoms with E-state index in [1.807, 2.05) is 36.4 Å². The summed E-state index contributed by atoms with van der Waals surface area (Å²) in [6.07, 6.45) is -0.682. The predicted molar refractivity (Wildman–Crippen MR) is 120 cm³/mol. The van der Waals surface area contributed by atoms with Crippen molar-refractivity contribution in [2.24, 2.45) is 0 Å². The first-order valence-electron chi connectivity index (χ1n) is 10.3. The Balaban J connectivity index is 1.39. The molecule has 1 aliphatic carbocycles. The van der Waals surface area contributed by atoms with Crippen LogP contribution in [0.15, 0.2) is 72.8 Å². The van der Waals surface area contributed by atoms with Gasteiger partial charge in [0.05, 0.1) is 0 Å². The molecule has 2 aliphatic rings. The van der Waals surface area contributed by atoms with Crippen LogP contribution >= 0.6 is 11.8 Å². The van der Waals surface area contributed by atoms with Gasteiger partial charge in [0.15, 0.2) is 0 Å². The number of nitrogens with zero attached hydrogens (tertiary/aromatic N) is 1. The van der Waals surface area contributed by atoms with Crippen molar-refractivity contribution in [3.63, 3.8) is 0 Å². The van der Waals surface area contributed by atoms with Crippen molar-refractivity contribution < 1.29 is 23.8 Å². The van der Waals surface area contributed by atoms with E-state index >= 15 is 0 Å². The summed E-state index contributed by atoms with van der Waals surface area (Å²) in [6, 6.07) is 20.8. The van der Waals surface area contributed by atoms with E-state index in [0.717, 1.165) is 22.3 Å². The second-order valence-corrected chi connectivity index (χ2v) is 8.92. The maximum atomic E-state index is 13.4. The van der Waals surface area contributed by atoms with Gasteiger partial charge in [-0.05, 0) is 39.9 Å². The van der Waals surface area contributed by atoms with Crippen LogP contribution in [0.5, 0.6) is 0 Å². The van der Waals surface area contributed by atoms with Gasteiger partial charge in [0.1, 0.15) is 23.8 Å². The SMILES string of the molecule is O=C(O)C1CSC(c2ccc(F)cc2)N1C(=O)OCC1c2ccccc2-c2ccccc21. The van der Waals surface area contributed by atoms with Crippen molar-refractivity contribution in [2.75, 3.05) is 12.4 Å². The molecule has 2 unspecified atom stereocenters. The highest BCUT2D eigenvalue weighted by Gasteiger charge is 2.44. The zero-order valence-corrected chi connectivity index (χ0v) is 17.8. The van der Waals surface area contributed by atoms with Gasteiger partial charge >= 0.3 is 12.1 Å². The van der Waals surface area contributed by atoms with Crippen LogP contribution in [0, 0.1) is 5.82 Å². The molecule has 1 aliphatic heterocycles. The van der Waals surface area contributed by atoms with Crippen LogP contribution in [-0.2, 0) is 9.53 Å². The number of benzene rings is 3. The molecular weight excluding hydrogens is 429 g/mol. The van der Waals surface area contributed by atoms with Crippen LogP contribution in [-0.4, -0.2) is 40.5 Å². The maximum absolute atomic E-state index is 13.4.